The van der Waals surface area contributed by atoms with Gasteiger partial charge in [-0.1, -0.05) is 73.5 Å². The monoisotopic (exact) mass is 485 g/mol. The number of carbonyl (C=O) groups excluding carboxylic acids is 1. The summed E-state index contributed by atoms with van der Waals surface area (Å²) in [4.78, 5) is 13.3. The van der Waals surface area contributed by atoms with E-state index >= 15 is 0 Å². The highest BCUT2D eigenvalue weighted by molar-refractivity contribution is 9.12. The van der Waals surface area contributed by atoms with Gasteiger partial charge in [0.15, 0.2) is 0 Å². The minimum atomic E-state index is -3.77. The smallest absolute Gasteiger partial charge is 0.263 e. The first-order valence-electron chi connectivity index (χ1n) is 9.83. The fraction of sp³-hybridized carbons (Fsp3) is 0.208. The first-order valence-corrected chi connectivity index (χ1v) is 12.1. The fourth-order valence-corrected chi connectivity index (χ4v) is 5.11. The van der Waals surface area contributed by atoms with E-state index in [2.05, 4.69) is 15.9 Å². The van der Waals surface area contributed by atoms with E-state index in [0.717, 1.165) is 22.8 Å². The number of sulfonamides is 1. The van der Waals surface area contributed by atoms with E-state index in [9.17, 15) is 13.2 Å². The van der Waals surface area contributed by atoms with E-state index in [4.69, 9.17) is 0 Å². The average Bonchev–Trinajstić information content (AvgIpc) is 2.75. The number of hydrogen-bond acceptors (Lipinski definition) is 3. The highest BCUT2D eigenvalue weighted by atomic mass is 79.9. The van der Waals surface area contributed by atoms with E-state index in [-0.39, 0.29) is 15.2 Å². The minimum absolute atomic E-state index is 0.200. The Hall–Kier alpha value is -2.44. The number of halogens is 1. The van der Waals surface area contributed by atoms with Crippen molar-refractivity contribution in [2.24, 2.45) is 0 Å². The maximum atomic E-state index is 13.2. The predicted octanol–water partition coefficient (Wildman–Crippen LogP) is 6.06. The summed E-state index contributed by atoms with van der Waals surface area (Å²) in [6.07, 6.45) is 2.92. The standard InChI is InChI=1S/C24H24BrNO3S/c1-3-4-16-26(30(28,29)20-14-12-18(2)13-15-20)17-23(25)24(27)22-11-7-9-19-8-5-6-10-21(19)22/h5-15,17H,3-4,16H2,1-2H3/b23-17-. The lowest BCUT2D eigenvalue weighted by Gasteiger charge is -2.21. The lowest BCUT2D eigenvalue weighted by molar-refractivity contribution is 0.104. The highest BCUT2D eigenvalue weighted by Crippen LogP contribution is 2.25. The topological polar surface area (TPSA) is 54.5 Å². The molecule has 0 heterocycles. The quantitative estimate of drug-likeness (QED) is 0.287. The predicted molar refractivity (Wildman–Crippen MR) is 125 cm³/mol. The molecule has 0 saturated carbocycles. The number of rotatable bonds is 8. The summed E-state index contributed by atoms with van der Waals surface area (Å²) in [6.45, 7) is 4.20. The number of allylic oxidation sites excluding steroid dienone is 1. The van der Waals surface area contributed by atoms with Gasteiger partial charge < -0.3 is 0 Å². The Kier molecular flexibility index (Phi) is 7.10. The van der Waals surface area contributed by atoms with Crippen molar-refractivity contribution in [1.82, 2.24) is 4.31 Å². The number of benzene rings is 3. The summed E-state index contributed by atoms with van der Waals surface area (Å²) in [5.41, 5.74) is 1.51. The van der Waals surface area contributed by atoms with E-state index in [1.54, 1.807) is 30.3 Å². The maximum Gasteiger partial charge on any atom is 0.263 e. The maximum absolute atomic E-state index is 13.2. The Labute approximate surface area is 186 Å². The second-order valence-corrected chi connectivity index (χ2v) is 9.86. The van der Waals surface area contributed by atoms with Crippen molar-refractivity contribution in [2.45, 2.75) is 31.6 Å². The van der Waals surface area contributed by atoms with Crippen LogP contribution < -0.4 is 0 Å². The summed E-state index contributed by atoms with van der Waals surface area (Å²) >= 11 is 3.34. The molecule has 0 amide bonds. The molecule has 0 fully saturated rings. The van der Waals surface area contributed by atoms with Crippen molar-refractivity contribution in [2.75, 3.05) is 6.54 Å². The number of fused-ring (bicyclic) bond motifs is 1. The Morgan fingerprint density at radius 3 is 2.37 bits per heavy atom. The van der Waals surface area contributed by atoms with Crippen molar-refractivity contribution in [1.29, 1.82) is 0 Å². The number of hydrogen-bond donors (Lipinski definition) is 0. The molecule has 0 aliphatic rings. The Morgan fingerprint density at radius 2 is 1.67 bits per heavy atom. The second-order valence-electron chi connectivity index (χ2n) is 7.12. The molecule has 3 aromatic carbocycles. The van der Waals surface area contributed by atoms with Gasteiger partial charge in [0.2, 0.25) is 5.78 Å². The molecule has 0 unspecified atom stereocenters. The average molecular weight is 486 g/mol. The van der Waals surface area contributed by atoms with Crippen molar-refractivity contribution >= 4 is 42.5 Å². The molecule has 0 N–H and O–H groups in total. The first kappa shape index (κ1) is 22.2. The molecule has 0 radical (unpaired) electrons. The van der Waals surface area contributed by atoms with Gasteiger partial charge in [0.25, 0.3) is 10.0 Å². The third-order valence-electron chi connectivity index (χ3n) is 4.87. The number of Topliss-reactive ketones (excluding diaryl/α,β-unsaturated/α-hetero) is 1. The van der Waals surface area contributed by atoms with Gasteiger partial charge in [-0.25, -0.2) is 8.42 Å². The van der Waals surface area contributed by atoms with Crippen LogP contribution in [0.2, 0.25) is 0 Å². The van der Waals surface area contributed by atoms with E-state index in [1.807, 2.05) is 50.2 Å². The second kappa shape index (κ2) is 9.58. The van der Waals surface area contributed by atoms with Crippen LogP contribution in [0.3, 0.4) is 0 Å². The summed E-state index contributed by atoms with van der Waals surface area (Å²) < 4.78 is 27.9. The molecule has 0 aromatic heterocycles. The molecule has 156 valence electrons. The molecule has 0 aliphatic heterocycles. The minimum Gasteiger partial charge on any atom is -0.288 e. The van der Waals surface area contributed by atoms with Crippen LogP contribution in [-0.4, -0.2) is 25.1 Å². The molecule has 30 heavy (non-hydrogen) atoms. The van der Waals surface area contributed by atoms with Crippen LogP contribution in [0.1, 0.15) is 35.7 Å². The molecule has 4 nitrogen and oxygen atoms in total. The van der Waals surface area contributed by atoms with Gasteiger partial charge in [-0.15, -0.1) is 0 Å². The van der Waals surface area contributed by atoms with Gasteiger partial charge in [0, 0.05) is 18.3 Å². The molecular weight excluding hydrogens is 462 g/mol. The summed E-state index contributed by atoms with van der Waals surface area (Å²) in [7, 11) is -3.77. The molecule has 3 rings (SSSR count). The Bertz CT molecular complexity index is 1180. The van der Waals surface area contributed by atoms with Crippen molar-refractivity contribution in [3.63, 3.8) is 0 Å². The molecule has 3 aromatic rings. The fourth-order valence-electron chi connectivity index (χ4n) is 3.15. The lowest BCUT2D eigenvalue weighted by Crippen LogP contribution is -2.28. The third-order valence-corrected chi connectivity index (χ3v) is 7.21. The third kappa shape index (κ3) is 4.82. The van der Waals surface area contributed by atoms with Gasteiger partial charge in [-0.2, -0.15) is 0 Å². The molecule has 0 bridgehead atoms. The summed E-state index contributed by atoms with van der Waals surface area (Å²) in [6, 6.07) is 19.9. The Balaban J connectivity index is 2.00. The molecule has 6 heteroatoms. The normalized spacial score (nSPS) is 12.2. The molecule has 0 spiro atoms. The van der Waals surface area contributed by atoms with Gasteiger partial charge >= 0.3 is 0 Å². The van der Waals surface area contributed by atoms with Crippen LogP contribution >= 0.6 is 15.9 Å². The number of nitrogens with zero attached hydrogens (tertiary/aromatic N) is 1. The van der Waals surface area contributed by atoms with Crippen LogP contribution in [0, 0.1) is 6.92 Å². The van der Waals surface area contributed by atoms with Crippen LogP contribution in [0.4, 0.5) is 0 Å². The van der Waals surface area contributed by atoms with Gasteiger partial charge in [-0.3, -0.25) is 9.10 Å². The zero-order chi connectivity index (χ0) is 21.7. The number of ketones is 1. The zero-order valence-electron chi connectivity index (χ0n) is 17.0. The van der Waals surface area contributed by atoms with Gasteiger partial charge in [-0.05, 0) is 52.2 Å². The van der Waals surface area contributed by atoms with Crippen LogP contribution in [0.15, 0.2) is 82.3 Å². The number of aryl methyl sites for hydroxylation is 1. The van der Waals surface area contributed by atoms with E-state index < -0.39 is 10.0 Å². The van der Waals surface area contributed by atoms with Crippen LogP contribution in [0.25, 0.3) is 10.8 Å². The van der Waals surface area contributed by atoms with Crippen molar-refractivity contribution in [3.05, 3.63) is 88.5 Å². The lowest BCUT2D eigenvalue weighted by atomic mass is 10.0. The number of carbonyl (C=O) groups is 1. The molecule has 0 aliphatic carbocycles. The summed E-state index contributed by atoms with van der Waals surface area (Å²) in [5, 5.41) is 1.79. The molecule has 0 atom stereocenters. The number of unbranched alkanes of at least 4 members (excludes halogenated alkanes) is 1. The van der Waals surface area contributed by atoms with E-state index in [1.165, 1.54) is 10.5 Å². The van der Waals surface area contributed by atoms with Crippen molar-refractivity contribution in [3.8, 4) is 0 Å². The van der Waals surface area contributed by atoms with Gasteiger partial charge in [0.1, 0.15) is 0 Å². The zero-order valence-corrected chi connectivity index (χ0v) is 19.4. The molecule has 0 saturated heterocycles. The Morgan fingerprint density at radius 1 is 1.00 bits per heavy atom. The largest absolute Gasteiger partial charge is 0.288 e. The SMILES string of the molecule is CCCCN(/C=C(\Br)C(=O)c1cccc2ccccc12)S(=O)(=O)c1ccc(C)cc1. The highest BCUT2D eigenvalue weighted by Gasteiger charge is 2.23. The molecular formula is C24H24BrNO3S. The van der Waals surface area contributed by atoms with Crippen molar-refractivity contribution < 1.29 is 13.2 Å². The van der Waals surface area contributed by atoms with Gasteiger partial charge in [0.05, 0.1) is 9.38 Å². The van der Waals surface area contributed by atoms with Crippen LogP contribution in [0.5, 0.6) is 0 Å². The van der Waals surface area contributed by atoms with Crippen LogP contribution in [-0.2, 0) is 10.0 Å². The first-order chi connectivity index (χ1) is 14.3. The summed E-state index contributed by atoms with van der Waals surface area (Å²) in [5.74, 6) is -0.257. The van der Waals surface area contributed by atoms with E-state index in [0.29, 0.717) is 18.5 Å².